The second kappa shape index (κ2) is 6.75. The third kappa shape index (κ3) is 4.53. The fourth-order valence-corrected chi connectivity index (χ4v) is 2.33. The summed E-state index contributed by atoms with van der Waals surface area (Å²) in [4.78, 5) is 11.9. The first-order chi connectivity index (χ1) is 9.63. The largest absolute Gasteiger partial charge is 0.399 e. The van der Waals surface area contributed by atoms with E-state index in [2.05, 4.69) is 5.32 Å². The molecule has 0 radical (unpaired) electrons. The normalized spacial score (nSPS) is 15.8. The Balaban J connectivity index is 1.67. The molecule has 1 aromatic carbocycles. The van der Waals surface area contributed by atoms with Crippen molar-refractivity contribution in [3.05, 3.63) is 29.8 Å². The van der Waals surface area contributed by atoms with Crippen LogP contribution in [0.1, 0.15) is 31.2 Å². The van der Waals surface area contributed by atoms with Crippen LogP contribution in [0.15, 0.2) is 24.3 Å². The van der Waals surface area contributed by atoms with Gasteiger partial charge in [0.05, 0.1) is 0 Å². The van der Waals surface area contributed by atoms with Gasteiger partial charge < -0.3 is 15.8 Å². The second-order valence-corrected chi connectivity index (χ2v) is 5.76. The number of amides is 1. The number of anilines is 1. The maximum absolute atomic E-state index is 11.9. The van der Waals surface area contributed by atoms with Gasteiger partial charge in [-0.1, -0.05) is 12.1 Å². The molecule has 0 aromatic heterocycles. The summed E-state index contributed by atoms with van der Waals surface area (Å²) in [5.74, 6) is 0.130. The lowest BCUT2D eigenvalue weighted by Gasteiger charge is -2.15. The lowest BCUT2D eigenvalue weighted by molar-refractivity contribution is -0.121. The van der Waals surface area contributed by atoms with Crippen LogP contribution in [0, 0.1) is 5.41 Å². The molecule has 1 aliphatic rings. The van der Waals surface area contributed by atoms with Crippen molar-refractivity contribution in [1.29, 1.82) is 0 Å². The summed E-state index contributed by atoms with van der Waals surface area (Å²) in [7, 11) is 1.72. The van der Waals surface area contributed by atoms with Crippen LogP contribution in [0.5, 0.6) is 0 Å². The zero-order valence-corrected chi connectivity index (χ0v) is 12.2. The van der Waals surface area contributed by atoms with Gasteiger partial charge >= 0.3 is 0 Å². The van der Waals surface area contributed by atoms with Gasteiger partial charge in [-0.2, -0.15) is 0 Å². The molecule has 0 aliphatic heterocycles. The van der Waals surface area contributed by atoms with Gasteiger partial charge in [0, 0.05) is 32.4 Å². The van der Waals surface area contributed by atoms with Crippen LogP contribution in [-0.4, -0.2) is 26.2 Å². The van der Waals surface area contributed by atoms with Gasteiger partial charge in [-0.25, -0.2) is 0 Å². The first-order valence-electron chi connectivity index (χ1n) is 7.24. The second-order valence-electron chi connectivity index (χ2n) is 5.76. The number of methoxy groups -OCH3 is 1. The lowest BCUT2D eigenvalue weighted by Crippen LogP contribution is -2.30. The van der Waals surface area contributed by atoms with Crippen LogP contribution >= 0.6 is 0 Å². The minimum absolute atomic E-state index is 0.130. The van der Waals surface area contributed by atoms with E-state index in [-0.39, 0.29) is 5.91 Å². The highest BCUT2D eigenvalue weighted by molar-refractivity contribution is 5.76. The van der Waals surface area contributed by atoms with Crippen molar-refractivity contribution in [2.75, 3.05) is 26.0 Å². The van der Waals surface area contributed by atoms with E-state index in [1.807, 2.05) is 24.3 Å². The third-order valence-corrected chi connectivity index (χ3v) is 4.07. The van der Waals surface area contributed by atoms with E-state index in [0.29, 0.717) is 11.8 Å². The summed E-state index contributed by atoms with van der Waals surface area (Å²) in [6, 6.07) is 7.70. The van der Waals surface area contributed by atoms with Crippen molar-refractivity contribution in [3.63, 3.8) is 0 Å². The molecule has 1 amide bonds. The van der Waals surface area contributed by atoms with E-state index in [0.717, 1.165) is 37.2 Å². The van der Waals surface area contributed by atoms with Crippen molar-refractivity contribution in [2.45, 2.75) is 32.1 Å². The van der Waals surface area contributed by atoms with Crippen molar-refractivity contribution in [1.82, 2.24) is 5.32 Å². The zero-order valence-electron chi connectivity index (χ0n) is 12.2. The van der Waals surface area contributed by atoms with E-state index in [4.69, 9.17) is 10.5 Å². The number of carbonyl (C=O) groups is 1. The lowest BCUT2D eigenvalue weighted by atomic mass is 10.0. The van der Waals surface area contributed by atoms with E-state index in [1.54, 1.807) is 7.11 Å². The molecule has 0 heterocycles. The number of nitrogens with one attached hydrogen (secondary N) is 1. The summed E-state index contributed by atoms with van der Waals surface area (Å²) < 4.78 is 5.12. The Morgan fingerprint density at radius 3 is 2.65 bits per heavy atom. The summed E-state index contributed by atoms with van der Waals surface area (Å²) in [5, 5.41) is 3.06. The number of rotatable bonds is 8. The zero-order chi connectivity index (χ0) is 14.4. The molecule has 0 unspecified atom stereocenters. The molecule has 1 aliphatic carbocycles. The van der Waals surface area contributed by atoms with E-state index in [1.165, 1.54) is 12.8 Å². The number of hydrogen-bond acceptors (Lipinski definition) is 3. The smallest absolute Gasteiger partial charge is 0.220 e. The molecular weight excluding hydrogens is 252 g/mol. The SMILES string of the molecule is COCCC1(CNC(=O)CCc2ccc(N)cc2)CC1. The predicted octanol–water partition coefficient (Wildman–Crippen LogP) is 2.13. The number of aryl methyl sites for hydroxylation is 1. The molecule has 2 rings (SSSR count). The van der Waals surface area contributed by atoms with Crippen LogP contribution in [0.25, 0.3) is 0 Å². The number of carbonyl (C=O) groups excluding carboxylic acids is 1. The fourth-order valence-electron chi connectivity index (χ4n) is 2.33. The van der Waals surface area contributed by atoms with Crippen LogP contribution in [0.3, 0.4) is 0 Å². The van der Waals surface area contributed by atoms with Gasteiger partial charge in [0.2, 0.25) is 5.91 Å². The minimum Gasteiger partial charge on any atom is -0.399 e. The molecule has 0 bridgehead atoms. The molecule has 4 nitrogen and oxygen atoms in total. The average molecular weight is 276 g/mol. The van der Waals surface area contributed by atoms with Gasteiger partial charge in [0.1, 0.15) is 0 Å². The molecule has 0 saturated heterocycles. The van der Waals surface area contributed by atoms with Gasteiger partial charge in [0.15, 0.2) is 0 Å². The maximum Gasteiger partial charge on any atom is 0.220 e. The molecule has 1 aromatic rings. The van der Waals surface area contributed by atoms with Crippen LogP contribution in [0.4, 0.5) is 5.69 Å². The molecule has 1 fully saturated rings. The average Bonchev–Trinajstić information content (AvgIpc) is 3.23. The van der Waals surface area contributed by atoms with Crippen LogP contribution in [-0.2, 0) is 16.0 Å². The number of nitrogen functional groups attached to an aromatic ring is 1. The quantitative estimate of drug-likeness (QED) is 0.715. The van der Waals surface area contributed by atoms with Gasteiger partial charge in [-0.05, 0) is 48.8 Å². The third-order valence-electron chi connectivity index (χ3n) is 4.07. The molecule has 20 heavy (non-hydrogen) atoms. The van der Waals surface area contributed by atoms with Gasteiger partial charge in [-0.15, -0.1) is 0 Å². The molecule has 3 N–H and O–H groups in total. The Labute approximate surface area is 120 Å². The highest BCUT2D eigenvalue weighted by Crippen LogP contribution is 2.48. The first kappa shape index (κ1) is 14.9. The summed E-state index contributed by atoms with van der Waals surface area (Å²) in [6.45, 7) is 1.57. The molecule has 4 heteroatoms. The van der Waals surface area contributed by atoms with Crippen LogP contribution in [0.2, 0.25) is 0 Å². The Hall–Kier alpha value is -1.55. The van der Waals surface area contributed by atoms with Gasteiger partial charge in [0.25, 0.3) is 0 Å². The number of hydrogen-bond donors (Lipinski definition) is 2. The topological polar surface area (TPSA) is 64.3 Å². The molecule has 0 atom stereocenters. The van der Waals surface area contributed by atoms with Crippen LogP contribution < -0.4 is 11.1 Å². The standard InChI is InChI=1S/C16H24N2O2/c1-20-11-10-16(8-9-16)12-18-15(19)7-4-13-2-5-14(17)6-3-13/h2-3,5-6H,4,7-12,17H2,1H3,(H,18,19). The van der Waals surface area contributed by atoms with Gasteiger partial charge in [-0.3, -0.25) is 4.79 Å². The first-order valence-corrected chi connectivity index (χ1v) is 7.24. The number of nitrogens with two attached hydrogens (primary N) is 1. The molecule has 1 saturated carbocycles. The Morgan fingerprint density at radius 1 is 1.35 bits per heavy atom. The fraction of sp³-hybridized carbons (Fsp3) is 0.562. The minimum atomic E-state index is 0.130. The molecular formula is C16H24N2O2. The molecule has 110 valence electrons. The highest BCUT2D eigenvalue weighted by atomic mass is 16.5. The van der Waals surface area contributed by atoms with E-state index >= 15 is 0 Å². The van der Waals surface area contributed by atoms with E-state index in [9.17, 15) is 4.79 Å². The Kier molecular flexibility index (Phi) is 5.01. The summed E-state index contributed by atoms with van der Waals surface area (Å²) in [6.07, 6.45) is 4.74. The van der Waals surface area contributed by atoms with Crippen molar-refractivity contribution < 1.29 is 9.53 Å². The van der Waals surface area contributed by atoms with Crippen molar-refractivity contribution in [3.8, 4) is 0 Å². The summed E-state index contributed by atoms with van der Waals surface area (Å²) in [5.41, 5.74) is 7.85. The summed E-state index contributed by atoms with van der Waals surface area (Å²) >= 11 is 0. The maximum atomic E-state index is 11.9. The monoisotopic (exact) mass is 276 g/mol. The van der Waals surface area contributed by atoms with Crippen molar-refractivity contribution >= 4 is 11.6 Å². The number of benzene rings is 1. The Morgan fingerprint density at radius 2 is 2.05 bits per heavy atom. The Bertz CT molecular complexity index is 438. The number of ether oxygens (including phenoxy) is 1. The predicted molar refractivity (Wildman–Crippen MR) is 80.3 cm³/mol. The van der Waals surface area contributed by atoms with Crippen molar-refractivity contribution in [2.24, 2.45) is 5.41 Å². The highest BCUT2D eigenvalue weighted by Gasteiger charge is 2.41. The van der Waals surface area contributed by atoms with E-state index < -0.39 is 0 Å². The molecule has 0 spiro atoms.